The molecule has 1 aromatic rings. The fourth-order valence-corrected chi connectivity index (χ4v) is 2.04. The van der Waals surface area contributed by atoms with Gasteiger partial charge in [-0.2, -0.15) is 0 Å². The highest BCUT2D eigenvalue weighted by Crippen LogP contribution is 2.46. The summed E-state index contributed by atoms with van der Waals surface area (Å²) < 4.78 is 27.2. The summed E-state index contributed by atoms with van der Waals surface area (Å²) in [5.74, 6) is -1.92. The average Bonchev–Trinajstić information content (AvgIpc) is 3.09. The average molecular weight is 227 g/mol. The molecule has 16 heavy (non-hydrogen) atoms. The Bertz CT molecular complexity index is 418. The van der Waals surface area contributed by atoms with E-state index in [1.807, 2.05) is 0 Å². The number of hydrogen-bond donors (Lipinski definition) is 2. The van der Waals surface area contributed by atoms with Crippen LogP contribution in [0.3, 0.4) is 0 Å². The van der Waals surface area contributed by atoms with Crippen molar-refractivity contribution in [3.05, 3.63) is 34.9 Å². The summed E-state index contributed by atoms with van der Waals surface area (Å²) in [4.78, 5) is 0. The van der Waals surface area contributed by atoms with Gasteiger partial charge in [-0.1, -0.05) is 12.1 Å². The van der Waals surface area contributed by atoms with Crippen molar-refractivity contribution in [3.63, 3.8) is 0 Å². The molecule has 0 aromatic heterocycles. The predicted octanol–water partition coefficient (Wildman–Crippen LogP) is 1.83. The molecule has 0 bridgehead atoms. The van der Waals surface area contributed by atoms with Crippen LogP contribution in [0.15, 0.2) is 12.1 Å². The lowest BCUT2D eigenvalue weighted by molar-refractivity contribution is 0.0181. The van der Waals surface area contributed by atoms with E-state index in [4.69, 9.17) is 5.73 Å². The van der Waals surface area contributed by atoms with Crippen molar-refractivity contribution in [1.82, 2.24) is 0 Å². The summed E-state index contributed by atoms with van der Waals surface area (Å²) in [5.41, 5.74) is 4.30. The standard InChI is InChI=1S/C12H15F2NO/c1-7-2-5-9(11(14)10(7)13)12(16,6-15)8-3-4-8/h2,5,8,16H,3-4,6,15H2,1H3. The Morgan fingerprint density at radius 1 is 1.38 bits per heavy atom. The number of rotatable bonds is 3. The molecule has 1 fully saturated rings. The third-order valence-electron chi connectivity index (χ3n) is 3.31. The molecule has 88 valence electrons. The molecule has 1 saturated carbocycles. The van der Waals surface area contributed by atoms with Crippen molar-refractivity contribution in [2.45, 2.75) is 25.4 Å². The van der Waals surface area contributed by atoms with Crippen molar-refractivity contribution < 1.29 is 13.9 Å². The monoisotopic (exact) mass is 227 g/mol. The van der Waals surface area contributed by atoms with Gasteiger partial charge in [0, 0.05) is 12.1 Å². The zero-order valence-corrected chi connectivity index (χ0v) is 9.13. The van der Waals surface area contributed by atoms with Gasteiger partial charge in [-0.3, -0.25) is 0 Å². The number of nitrogens with two attached hydrogens (primary N) is 1. The van der Waals surface area contributed by atoms with Crippen LogP contribution in [0.2, 0.25) is 0 Å². The van der Waals surface area contributed by atoms with Crippen LogP contribution in [-0.2, 0) is 5.60 Å². The molecule has 2 nitrogen and oxygen atoms in total. The normalized spacial score (nSPS) is 19.6. The van der Waals surface area contributed by atoms with E-state index in [2.05, 4.69) is 0 Å². The van der Waals surface area contributed by atoms with Gasteiger partial charge in [-0.05, 0) is 31.2 Å². The maximum Gasteiger partial charge on any atom is 0.165 e. The van der Waals surface area contributed by atoms with Gasteiger partial charge in [0.05, 0.1) is 0 Å². The van der Waals surface area contributed by atoms with E-state index in [0.29, 0.717) is 0 Å². The van der Waals surface area contributed by atoms with Gasteiger partial charge in [-0.15, -0.1) is 0 Å². The van der Waals surface area contributed by atoms with Crippen LogP contribution in [0.1, 0.15) is 24.0 Å². The number of halogens is 2. The van der Waals surface area contributed by atoms with E-state index in [0.717, 1.165) is 12.8 Å². The number of hydrogen-bond acceptors (Lipinski definition) is 2. The van der Waals surface area contributed by atoms with Crippen LogP contribution in [-0.4, -0.2) is 11.7 Å². The van der Waals surface area contributed by atoms with Gasteiger partial charge in [0.15, 0.2) is 11.6 Å². The molecule has 1 aliphatic rings. The summed E-state index contributed by atoms with van der Waals surface area (Å²) in [5, 5.41) is 10.3. The third kappa shape index (κ3) is 1.62. The minimum absolute atomic E-state index is 0.0133. The van der Waals surface area contributed by atoms with E-state index in [1.54, 1.807) is 0 Å². The second-order valence-corrected chi connectivity index (χ2v) is 4.46. The molecule has 0 radical (unpaired) electrons. The molecule has 4 heteroatoms. The summed E-state index contributed by atoms with van der Waals surface area (Å²) in [6, 6.07) is 2.90. The van der Waals surface area contributed by atoms with Crippen LogP contribution in [0.5, 0.6) is 0 Å². The van der Waals surface area contributed by atoms with Crippen molar-refractivity contribution >= 4 is 0 Å². The molecular formula is C12H15F2NO. The predicted molar refractivity (Wildman–Crippen MR) is 56.8 cm³/mol. The second kappa shape index (κ2) is 3.79. The van der Waals surface area contributed by atoms with Crippen molar-refractivity contribution in [1.29, 1.82) is 0 Å². The lowest BCUT2D eigenvalue weighted by atomic mass is 9.88. The highest BCUT2D eigenvalue weighted by molar-refractivity contribution is 5.31. The zero-order chi connectivity index (χ0) is 11.9. The van der Waals surface area contributed by atoms with Crippen molar-refractivity contribution in [3.8, 4) is 0 Å². The first kappa shape index (κ1) is 11.5. The van der Waals surface area contributed by atoms with Crippen molar-refractivity contribution in [2.75, 3.05) is 6.54 Å². The summed E-state index contributed by atoms with van der Waals surface area (Å²) in [6.07, 6.45) is 1.62. The quantitative estimate of drug-likeness (QED) is 0.827. The van der Waals surface area contributed by atoms with E-state index in [-0.39, 0.29) is 23.6 Å². The third-order valence-corrected chi connectivity index (χ3v) is 3.31. The smallest absolute Gasteiger partial charge is 0.165 e. The Balaban J connectivity index is 2.50. The Labute approximate surface area is 93.1 Å². The van der Waals surface area contributed by atoms with Crippen LogP contribution in [0.4, 0.5) is 8.78 Å². The molecule has 0 saturated heterocycles. The van der Waals surface area contributed by atoms with Crippen molar-refractivity contribution in [2.24, 2.45) is 11.7 Å². The minimum Gasteiger partial charge on any atom is -0.383 e. The Morgan fingerprint density at radius 2 is 2.00 bits per heavy atom. The van der Waals surface area contributed by atoms with Crippen LogP contribution < -0.4 is 5.73 Å². The van der Waals surface area contributed by atoms with Gasteiger partial charge in [0.2, 0.25) is 0 Å². The lowest BCUT2D eigenvalue weighted by Gasteiger charge is -2.27. The van der Waals surface area contributed by atoms with Crippen LogP contribution in [0, 0.1) is 24.5 Å². The minimum atomic E-state index is -1.42. The molecule has 0 aliphatic heterocycles. The lowest BCUT2D eigenvalue weighted by Crippen LogP contribution is -2.38. The molecule has 1 aromatic carbocycles. The van der Waals surface area contributed by atoms with Crippen LogP contribution in [0.25, 0.3) is 0 Å². The molecule has 1 atom stereocenters. The van der Waals surface area contributed by atoms with Crippen LogP contribution >= 0.6 is 0 Å². The molecular weight excluding hydrogens is 212 g/mol. The molecule has 0 heterocycles. The Kier molecular flexibility index (Phi) is 2.72. The Morgan fingerprint density at radius 3 is 2.50 bits per heavy atom. The summed E-state index contributed by atoms with van der Waals surface area (Å²) >= 11 is 0. The topological polar surface area (TPSA) is 46.2 Å². The fourth-order valence-electron chi connectivity index (χ4n) is 2.04. The van der Waals surface area contributed by atoms with Gasteiger partial charge in [0.1, 0.15) is 5.60 Å². The molecule has 1 unspecified atom stereocenters. The summed E-state index contributed by atoms with van der Waals surface area (Å²) in [7, 11) is 0. The highest BCUT2D eigenvalue weighted by Gasteiger charge is 2.46. The number of aliphatic hydroxyl groups is 1. The summed E-state index contributed by atoms with van der Waals surface area (Å²) in [6.45, 7) is 1.40. The first-order valence-electron chi connectivity index (χ1n) is 5.38. The first-order chi connectivity index (χ1) is 7.50. The maximum atomic E-state index is 13.7. The van der Waals surface area contributed by atoms with E-state index in [1.165, 1.54) is 19.1 Å². The number of aryl methyl sites for hydroxylation is 1. The van der Waals surface area contributed by atoms with E-state index in [9.17, 15) is 13.9 Å². The highest BCUT2D eigenvalue weighted by atomic mass is 19.2. The maximum absolute atomic E-state index is 13.7. The molecule has 0 amide bonds. The Hall–Kier alpha value is -1.00. The van der Waals surface area contributed by atoms with E-state index < -0.39 is 17.2 Å². The SMILES string of the molecule is Cc1ccc(C(O)(CN)C2CC2)c(F)c1F. The molecule has 0 spiro atoms. The largest absolute Gasteiger partial charge is 0.383 e. The first-order valence-corrected chi connectivity index (χ1v) is 5.38. The molecule has 1 aliphatic carbocycles. The second-order valence-electron chi connectivity index (χ2n) is 4.46. The fraction of sp³-hybridized carbons (Fsp3) is 0.500. The van der Waals surface area contributed by atoms with Gasteiger partial charge < -0.3 is 10.8 Å². The molecule has 3 N–H and O–H groups in total. The zero-order valence-electron chi connectivity index (χ0n) is 9.13. The van der Waals surface area contributed by atoms with E-state index >= 15 is 0 Å². The van der Waals surface area contributed by atoms with Gasteiger partial charge in [0.25, 0.3) is 0 Å². The molecule has 2 rings (SSSR count). The van der Waals surface area contributed by atoms with Gasteiger partial charge >= 0.3 is 0 Å². The van der Waals surface area contributed by atoms with Gasteiger partial charge in [-0.25, -0.2) is 8.78 Å². The number of benzene rings is 1.